The van der Waals surface area contributed by atoms with Crippen LogP contribution in [0.5, 0.6) is 5.75 Å². The van der Waals surface area contributed by atoms with Gasteiger partial charge in [-0.25, -0.2) is 0 Å². The minimum absolute atomic E-state index is 0.467. The van der Waals surface area contributed by atoms with Crippen molar-refractivity contribution in [1.29, 1.82) is 0 Å². The SMILES string of the molecule is COc1cccc(CNCC2C(C)(C)C2(C)C)c1. The lowest BCUT2D eigenvalue weighted by Gasteiger charge is -2.07. The van der Waals surface area contributed by atoms with Crippen LogP contribution in [0.4, 0.5) is 0 Å². The summed E-state index contributed by atoms with van der Waals surface area (Å²) < 4.78 is 5.23. The van der Waals surface area contributed by atoms with Gasteiger partial charge in [0.15, 0.2) is 0 Å². The van der Waals surface area contributed by atoms with E-state index in [4.69, 9.17) is 4.74 Å². The average Bonchev–Trinajstić information content (AvgIpc) is 2.72. The van der Waals surface area contributed by atoms with Crippen LogP contribution in [0.2, 0.25) is 0 Å². The number of methoxy groups -OCH3 is 1. The van der Waals surface area contributed by atoms with E-state index in [0.29, 0.717) is 10.8 Å². The van der Waals surface area contributed by atoms with Crippen LogP contribution in [-0.2, 0) is 6.54 Å². The van der Waals surface area contributed by atoms with Crippen molar-refractivity contribution in [2.45, 2.75) is 34.2 Å². The van der Waals surface area contributed by atoms with Gasteiger partial charge in [0, 0.05) is 6.54 Å². The first-order chi connectivity index (χ1) is 8.39. The lowest BCUT2D eigenvalue weighted by molar-refractivity contribution is 0.414. The minimum atomic E-state index is 0.467. The molecular weight excluding hydrogens is 222 g/mol. The Hall–Kier alpha value is -1.02. The molecule has 1 aromatic rings. The fourth-order valence-corrected chi connectivity index (χ4v) is 2.99. The highest BCUT2D eigenvalue weighted by Crippen LogP contribution is 2.67. The summed E-state index contributed by atoms with van der Waals surface area (Å²) in [6.45, 7) is 11.5. The molecule has 1 saturated carbocycles. The van der Waals surface area contributed by atoms with E-state index in [1.807, 2.05) is 12.1 Å². The molecule has 0 aliphatic heterocycles. The summed E-state index contributed by atoms with van der Waals surface area (Å²) in [5.41, 5.74) is 2.22. The van der Waals surface area contributed by atoms with Gasteiger partial charge in [-0.1, -0.05) is 39.8 Å². The normalized spacial score (nSPS) is 20.7. The van der Waals surface area contributed by atoms with Crippen LogP contribution in [0, 0.1) is 16.7 Å². The highest BCUT2D eigenvalue weighted by atomic mass is 16.5. The van der Waals surface area contributed by atoms with Gasteiger partial charge in [0.2, 0.25) is 0 Å². The first-order valence-corrected chi connectivity index (χ1v) is 6.73. The molecule has 1 aromatic carbocycles. The van der Waals surface area contributed by atoms with Gasteiger partial charge in [0.1, 0.15) is 5.75 Å². The van der Waals surface area contributed by atoms with Gasteiger partial charge >= 0.3 is 0 Å². The fourth-order valence-electron chi connectivity index (χ4n) is 2.99. The number of rotatable bonds is 5. The molecule has 0 amide bonds. The summed E-state index contributed by atoms with van der Waals surface area (Å²) >= 11 is 0. The molecule has 1 aliphatic carbocycles. The Morgan fingerprint density at radius 3 is 2.39 bits per heavy atom. The van der Waals surface area contributed by atoms with Crippen molar-refractivity contribution < 1.29 is 4.74 Å². The topological polar surface area (TPSA) is 21.3 Å². The van der Waals surface area contributed by atoms with Gasteiger partial charge in [-0.3, -0.25) is 0 Å². The minimum Gasteiger partial charge on any atom is -0.497 e. The molecule has 2 heteroatoms. The third kappa shape index (κ3) is 2.26. The summed E-state index contributed by atoms with van der Waals surface area (Å²) in [7, 11) is 1.71. The molecule has 100 valence electrons. The van der Waals surface area contributed by atoms with Crippen LogP contribution >= 0.6 is 0 Å². The van der Waals surface area contributed by atoms with Crippen molar-refractivity contribution in [3.8, 4) is 5.75 Å². The van der Waals surface area contributed by atoms with E-state index in [0.717, 1.165) is 24.8 Å². The van der Waals surface area contributed by atoms with Crippen molar-refractivity contribution in [3.05, 3.63) is 29.8 Å². The highest BCUT2D eigenvalue weighted by molar-refractivity contribution is 5.28. The van der Waals surface area contributed by atoms with Crippen molar-refractivity contribution in [1.82, 2.24) is 5.32 Å². The van der Waals surface area contributed by atoms with Gasteiger partial charge in [0.25, 0.3) is 0 Å². The van der Waals surface area contributed by atoms with Crippen molar-refractivity contribution in [3.63, 3.8) is 0 Å². The largest absolute Gasteiger partial charge is 0.497 e. The van der Waals surface area contributed by atoms with Crippen molar-refractivity contribution >= 4 is 0 Å². The fraction of sp³-hybridized carbons (Fsp3) is 0.625. The number of nitrogens with one attached hydrogen (secondary N) is 1. The maximum atomic E-state index is 5.23. The van der Waals surface area contributed by atoms with Crippen LogP contribution in [0.1, 0.15) is 33.3 Å². The van der Waals surface area contributed by atoms with Gasteiger partial charge in [-0.2, -0.15) is 0 Å². The Morgan fingerprint density at radius 2 is 1.83 bits per heavy atom. The van der Waals surface area contributed by atoms with Crippen molar-refractivity contribution in [2.75, 3.05) is 13.7 Å². The quantitative estimate of drug-likeness (QED) is 0.860. The second kappa shape index (κ2) is 4.58. The van der Waals surface area contributed by atoms with Gasteiger partial charge in [-0.15, -0.1) is 0 Å². The molecule has 1 aliphatic rings. The molecule has 0 radical (unpaired) electrons. The zero-order valence-electron chi connectivity index (χ0n) is 12.2. The summed E-state index contributed by atoms with van der Waals surface area (Å²) in [5.74, 6) is 1.71. The Morgan fingerprint density at radius 1 is 1.17 bits per heavy atom. The summed E-state index contributed by atoms with van der Waals surface area (Å²) in [6.07, 6.45) is 0. The van der Waals surface area contributed by atoms with Crippen LogP contribution in [0.25, 0.3) is 0 Å². The zero-order valence-corrected chi connectivity index (χ0v) is 12.2. The molecule has 0 bridgehead atoms. The van der Waals surface area contributed by atoms with Gasteiger partial charge in [0.05, 0.1) is 7.11 Å². The molecule has 0 heterocycles. The Labute approximate surface area is 111 Å². The van der Waals surface area contributed by atoms with E-state index in [1.54, 1.807) is 7.11 Å². The van der Waals surface area contributed by atoms with E-state index in [2.05, 4.69) is 45.1 Å². The molecule has 1 N–H and O–H groups in total. The molecule has 2 nitrogen and oxygen atoms in total. The number of hydrogen-bond donors (Lipinski definition) is 1. The molecule has 0 atom stereocenters. The van der Waals surface area contributed by atoms with Crippen LogP contribution in [0.15, 0.2) is 24.3 Å². The third-order valence-corrected chi connectivity index (χ3v) is 5.13. The molecular formula is C16H25NO. The number of hydrogen-bond acceptors (Lipinski definition) is 2. The molecule has 0 spiro atoms. The van der Waals surface area contributed by atoms with E-state index < -0.39 is 0 Å². The summed E-state index contributed by atoms with van der Waals surface area (Å²) in [5, 5.41) is 3.57. The predicted octanol–water partition coefficient (Wildman–Crippen LogP) is 3.47. The molecule has 2 rings (SSSR count). The first kappa shape index (κ1) is 13.4. The van der Waals surface area contributed by atoms with E-state index >= 15 is 0 Å². The van der Waals surface area contributed by atoms with E-state index in [-0.39, 0.29) is 0 Å². The predicted molar refractivity (Wildman–Crippen MR) is 75.8 cm³/mol. The molecule has 0 saturated heterocycles. The third-order valence-electron chi connectivity index (χ3n) is 5.13. The lowest BCUT2D eigenvalue weighted by Crippen LogP contribution is -2.18. The van der Waals surface area contributed by atoms with Gasteiger partial charge in [-0.05, 0) is 41.0 Å². The smallest absolute Gasteiger partial charge is 0.119 e. The highest BCUT2D eigenvalue weighted by Gasteiger charge is 2.63. The van der Waals surface area contributed by atoms with Crippen LogP contribution in [0.3, 0.4) is 0 Å². The molecule has 18 heavy (non-hydrogen) atoms. The van der Waals surface area contributed by atoms with Crippen LogP contribution < -0.4 is 10.1 Å². The maximum absolute atomic E-state index is 5.23. The first-order valence-electron chi connectivity index (χ1n) is 6.73. The van der Waals surface area contributed by atoms with E-state index in [1.165, 1.54) is 5.56 Å². The second-order valence-corrected chi connectivity index (χ2v) is 6.48. The second-order valence-electron chi connectivity index (χ2n) is 6.48. The van der Waals surface area contributed by atoms with Crippen LogP contribution in [-0.4, -0.2) is 13.7 Å². The van der Waals surface area contributed by atoms with Gasteiger partial charge < -0.3 is 10.1 Å². The Balaban J connectivity index is 1.83. The lowest BCUT2D eigenvalue weighted by atomic mass is 10.0. The molecule has 0 aromatic heterocycles. The number of benzene rings is 1. The number of ether oxygens (including phenoxy) is 1. The van der Waals surface area contributed by atoms with E-state index in [9.17, 15) is 0 Å². The maximum Gasteiger partial charge on any atom is 0.119 e. The zero-order chi connectivity index (χ0) is 13.4. The summed E-state index contributed by atoms with van der Waals surface area (Å²) in [4.78, 5) is 0. The molecule has 0 unspecified atom stereocenters. The summed E-state index contributed by atoms with van der Waals surface area (Å²) in [6, 6.07) is 8.26. The standard InChI is InChI=1S/C16H25NO/c1-15(2)14(16(15,3)4)11-17-10-12-7-6-8-13(9-12)18-5/h6-9,14,17H,10-11H2,1-5H3. The Bertz CT molecular complexity index is 409. The average molecular weight is 247 g/mol. The Kier molecular flexibility index (Phi) is 3.41. The molecule has 1 fully saturated rings. The monoisotopic (exact) mass is 247 g/mol. The van der Waals surface area contributed by atoms with Crippen molar-refractivity contribution in [2.24, 2.45) is 16.7 Å².